The zero-order chi connectivity index (χ0) is 17.0. The number of hydrogen-bond acceptors (Lipinski definition) is 3. The summed E-state index contributed by atoms with van der Waals surface area (Å²) in [6, 6.07) is 5.20. The molecule has 120 valence electrons. The van der Waals surface area contributed by atoms with E-state index in [-0.39, 0.29) is 21.8 Å². The predicted molar refractivity (Wildman–Crippen MR) is 84.0 cm³/mol. The maximum absolute atomic E-state index is 13.8. The van der Waals surface area contributed by atoms with Crippen LogP contribution < -0.4 is 10.6 Å². The van der Waals surface area contributed by atoms with Gasteiger partial charge >= 0.3 is 0 Å². The summed E-state index contributed by atoms with van der Waals surface area (Å²) in [5, 5.41) is 4.86. The largest absolute Gasteiger partial charge is 0.355 e. The van der Waals surface area contributed by atoms with E-state index in [4.69, 9.17) is 0 Å². The van der Waals surface area contributed by atoms with Crippen LogP contribution in [0.25, 0.3) is 0 Å². The van der Waals surface area contributed by atoms with Crippen LogP contribution in [0, 0.1) is 11.6 Å². The molecule has 2 rings (SSSR count). The fourth-order valence-corrected chi connectivity index (χ4v) is 2.20. The number of nitrogens with one attached hydrogen (secondary N) is 2. The standard InChI is InChI=1S/C15H12BrF2N3O2/c1-19-15(23)8-2-5-12(20-7-8)21-13(22)6-9-11(17)4-3-10(16)14(9)18/h2-5,7H,6H2,1H3,(H,19,23)(H,20,21,22). The van der Waals surface area contributed by atoms with Crippen molar-refractivity contribution in [3.8, 4) is 0 Å². The van der Waals surface area contributed by atoms with Crippen LogP contribution in [0.5, 0.6) is 0 Å². The molecule has 0 aliphatic rings. The molecule has 0 bridgehead atoms. The van der Waals surface area contributed by atoms with Gasteiger partial charge in [-0.25, -0.2) is 13.8 Å². The minimum Gasteiger partial charge on any atom is -0.355 e. The molecule has 2 N–H and O–H groups in total. The van der Waals surface area contributed by atoms with Crippen molar-refractivity contribution >= 4 is 33.6 Å². The summed E-state index contributed by atoms with van der Waals surface area (Å²) in [6.45, 7) is 0. The number of anilines is 1. The van der Waals surface area contributed by atoms with Crippen LogP contribution in [0.3, 0.4) is 0 Å². The van der Waals surface area contributed by atoms with E-state index in [1.165, 1.54) is 31.4 Å². The molecule has 0 spiro atoms. The Kier molecular flexibility index (Phi) is 5.38. The number of nitrogens with zero attached hydrogens (tertiary/aromatic N) is 1. The summed E-state index contributed by atoms with van der Waals surface area (Å²) in [6.07, 6.45) is 0.810. The molecular weight excluding hydrogens is 372 g/mol. The lowest BCUT2D eigenvalue weighted by Gasteiger charge is -2.08. The van der Waals surface area contributed by atoms with Crippen LogP contribution in [-0.4, -0.2) is 23.8 Å². The minimum absolute atomic E-state index is 0.0785. The van der Waals surface area contributed by atoms with Gasteiger partial charge in [0, 0.05) is 18.8 Å². The van der Waals surface area contributed by atoms with Crippen molar-refractivity contribution in [1.29, 1.82) is 0 Å². The third-order valence-electron chi connectivity index (χ3n) is 3.00. The quantitative estimate of drug-likeness (QED) is 0.797. The lowest BCUT2D eigenvalue weighted by molar-refractivity contribution is -0.115. The Morgan fingerprint density at radius 1 is 1.22 bits per heavy atom. The highest BCUT2D eigenvalue weighted by atomic mass is 79.9. The second-order valence-electron chi connectivity index (χ2n) is 4.56. The van der Waals surface area contributed by atoms with Gasteiger partial charge in [0.1, 0.15) is 17.5 Å². The van der Waals surface area contributed by atoms with Gasteiger partial charge in [-0.3, -0.25) is 9.59 Å². The van der Waals surface area contributed by atoms with Crippen molar-refractivity contribution in [2.45, 2.75) is 6.42 Å². The molecule has 23 heavy (non-hydrogen) atoms. The van der Waals surface area contributed by atoms with E-state index in [9.17, 15) is 18.4 Å². The van der Waals surface area contributed by atoms with Gasteiger partial charge in [-0.1, -0.05) is 0 Å². The van der Waals surface area contributed by atoms with E-state index in [2.05, 4.69) is 31.5 Å². The molecule has 1 aromatic heterocycles. The topological polar surface area (TPSA) is 71.1 Å². The fraction of sp³-hybridized carbons (Fsp3) is 0.133. The fourth-order valence-electron chi connectivity index (χ4n) is 1.83. The summed E-state index contributed by atoms with van der Waals surface area (Å²) in [5.74, 6) is -2.37. The van der Waals surface area contributed by atoms with Gasteiger partial charge in [0.2, 0.25) is 5.91 Å². The van der Waals surface area contributed by atoms with Crippen molar-refractivity contribution in [2.75, 3.05) is 12.4 Å². The second kappa shape index (κ2) is 7.28. The molecule has 0 unspecified atom stereocenters. The van der Waals surface area contributed by atoms with Crippen LogP contribution in [0.2, 0.25) is 0 Å². The van der Waals surface area contributed by atoms with Crippen molar-refractivity contribution in [2.24, 2.45) is 0 Å². The van der Waals surface area contributed by atoms with Crippen LogP contribution in [0.1, 0.15) is 15.9 Å². The zero-order valence-corrected chi connectivity index (χ0v) is 13.6. The lowest BCUT2D eigenvalue weighted by Crippen LogP contribution is -2.19. The molecule has 5 nitrogen and oxygen atoms in total. The molecule has 0 aliphatic carbocycles. The van der Waals surface area contributed by atoms with Gasteiger partial charge in [-0.15, -0.1) is 0 Å². The average molecular weight is 384 g/mol. The highest BCUT2D eigenvalue weighted by Crippen LogP contribution is 2.22. The number of carbonyl (C=O) groups is 2. The number of benzene rings is 1. The summed E-state index contributed by atoms with van der Waals surface area (Å²) < 4.78 is 27.5. The van der Waals surface area contributed by atoms with Gasteiger partial charge < -0.3 is 10.6 Å². The van der Waals surface area contributed by atoms with Gasteiger partial charge in [-0.2, -0.15) is 0 Å². The highest BCUT2D eigenvalue weighted by Gasteiger charge is 2.16. The summed E-state index contributed by atoms with van der Waals surface area (Å²) in [7, 11) is 1.49. The first-order valence-corrected chi connectivity index (χ1v) is 7.32. The molecule has 1 heterocycles. The van der Waals surface area contributed by atoms with E-state index in [1.54, 1.807) is 0 Å². The molecule has 0 aliphatic heterocycles. The van der Waals surface area contributed by atoms with Crippen molar-refractivity contribution < 1.29 is 18.4 Å². The van der Waals surface area contributed by atoms with Crippen molar-refractivity contribution in [3.05, 3.63) is 57.7 Å². The molecule has 8 heteroatoms. The van der Waals surface area contributed by atoms with E-state index < -0.39 is 24.0 Å². The number of aromatic nitrogens is 1. The molecule has 0 saturated carbocycles. The third-order valence-corrected chi connectivity index (χ3v) is 3.61. The normalized spacial score (nSPS) is 10.3. The first kappa shape index (κ1) is 17.0. The highest BCUT2D eigenvalue weighted by molar-refractivity contribution is 9.10. The number of halogens is 3. The minimum atomic E-state index is -0.817. The Morgan fingerprint density at radius 3 is 2.57 bits per heavy atom. The van der Waals surface area contributed by atoms with Gasteiger partial charge in [0.15, 0.2) is 0 Å². The number of carbonyl (C=O) groups excluding carboxylic acids is 2. The summed E-state index contributed by atoms with van der Waals surface area (Å²) in [4.78, 5) is 27.2. The first-order valence-electron chi connectivity index (χ1n) is 6.52. The molecule has 0 atom stereocenters. The second-order valence-corrected chi connectivity index (χ2v) is 5.41. The van der Waals surface area contributed by atoms with Gasteiger partial charge in [0.25, 0.3) is 5.91 Å². The Bertz CT molecular complexity index is 751. The first-order chi connectivity index (χ1) is 10.9. The molecular formula is C15H12BrF2N3O2. The molecule has 1 aromatic carbocycles. The third kappa shape index (κ3) is 4.10. The Balaban J connectivity index is 2.08. The zero-order valence-electron chi connectivity index (χ0n) is 12.0. The molecule has 2 aromatic rings. The lowest BCUT2D eigenvalue weighted by atomic mass is 10.1. The smallest absolute Gasteiger partial charge is 0.252 e. The molecule has 0 fully saturated rings. The van der Waals surface area contributed by atoms with Gasteiger partial charge in [-0.05, 0) is 40.2 Å². The van der Waals surface area contributed by atoms with E-state index in [1.807, 2.05) is 0 Å². The molecule has 0 radical (unpaired) electrons. The predicted octanol–water partition coefficient (Wildman–Crippen LogP) is 2.66. The SMILES string of the molecule is CNC(=O)c1ccc(NC(=O)Cc2c(F)ccc(Br)c2F)nc1. The van der Waals surface area contributed by atoms with Crippen LogP contribution in [-0.2, 0) is 11.2 Å². The van der Waals surface area contributed by atoms with E-state index in [0.717, 1.165) is 6.07 Å². The maximum atomic E-state index is 13.8. The number of pyridine rings is 1. The van der Waals surface area contributed by atoms with Crippen LogP contribution in [0.15, 0.2) is 34.9 Å². The van der Waals surface area contributed by atoms with E-state index in [0.29, 0.717) is 5.56 Å². The molecule has 0 saturated heterocycles. The average Bonchev–Trinajstić information content (AvgIpc) is 2.55. The van der Waals surface area contributed by atoms with E-state index >= 15 is 0 Å². The number of amides is 2. The van der Waals surface area contributed by atoms with Crippen molar-refractivity contribution in [3.63, 3.8) is 0 Å². The van der Waals surface area contributed by atoms with Gasteiger partial charge in [0.05, 0.1) is 16.5 Å². The van der Waals surface area contributed by atoms with Crippen LogP contribution in [0.4, 0.5) is 14.6 Å². The Labute approximate surface area is 139 Å². The van der Waals surface area contributed by atoms with Crippen LogP contribution >= 0.6 is 15.9 Å². The molecule has 2 amide bonds. The Hall–Kier alpha value is -2.35. The summed E-state index contributed by atoms with van der Waals surface area (Å²) >= 11 is 2.94. The number of rotatable bonds is 4. The maximum Gasteiger partial charge on any atom is 0.252 e. The number of hydrogen-bond donors (Lipinski definition) is 2. The monoisotopic (exact) mass is 383 g/mol. The van der Waals surface area contributed by atoms with Crippen molar-refractivity contribution in [1.82, 2.24) is 10.3 Å². The Morgan fingerprint density at radius 2 is 1.96 bits per heavy atom. The summed E-state index contributed by atoms with van der Waals surface area (Å²) in [5.41, 5.74) is -0.00608.